The van der Waals surface area contributed by atoms with Gasteiger partial charge in [0.2, 0.25) is 5.91 Å². The summed E-state index contributed by atoms with van der Waals surface area (Å²) in [4.78, 5) is 18.2. The molecule has 0 unspecified atom stereocenters. The van der Waals surface area contributed by atoms with E-state index in [1.54, 1.807) is 22.3 Å². The van der Waals surface area contributed by atoms with E-state index in [0.717, 1.165) is 30.7 Å². The Morgan fingerprint density at radius 3 is 2.57 bits per heavy atom. The topological polar surface area (TPSA) is 60.9 Å². The number of nitrogens with zero attached hydrogens (tertiary/aromatic N) is 3. The fourth-order valence-corrected chi connectivity index (χ4v) is 7.79. The predicted molar refractivity (Wildman–Crippen MR) is 113 cm³/mol. The number of thiophene rings is 2. The lowest BCUT2D eigenvalue weighted by Gasteiger charge is -2.35. The number of hydrogen-bond donors (Lipinski definition) is 0. The zero-order chi connectivity index (χ0) is 19.7. The van der Waals surface area contributed by atoms with Crippen LogP contribution in [-0.2, 0) is 14.8 Å². The standard InChI is InChI=1S/C18H22ClN3O3S3/c19-16-5-6-18(27-16)28(24,25)22-10-8-20(9-11-22)17(23)13-21-7-1-3-14(21)15-4-2-12-26-15/h2,4-6,12,14H,1,3,7-11,13H2/t14-/m0/s1. The Kier molecular flexibility index (Phi) is 6.10. The minimum Gasteiger partial charge on any atom is -0.339 e. The number of amides is 1. The van der Waals surface area contributed by atoms with E-state index in [1.165, 1.54) is 15.2 Å². The third-order valence-corrected chi connectivity index (χ3v) is 9.88. The Hall–Kier alpha value is -0.970. The lowest BCUT2D eigenvalue weighted by molar-refractivity contribution is -0.133. The average Bonchev–Trinajstić information content (AvgIpc) is 3.43. The number of carbonyl (C=O) groups is 1. The second kappa shape index (κ2) is 8.41. The Labute approximate surface area is 178 Å². The molecule has 0 aliphatic carbocycles. The van der Waals surface area contributed by atoms with Crippen LogP contribution in [-0.4, -0.2) is 67.7 Å². The first kappa shape index (κ1) is 20.3. The van der Waals surface area contributed by atoms with Crippen LogP contribution in [0.3, 0.4) is 0 Å². The van der Waals surface area contributed by atoms with Gasteiger partial charge in [0, 0.05) is 37.1 Å². The number of sulfonamides is 1. The van der Waals surface area contributed by atoms with Gasteiger partial charge in [-0.05, 0) is 43.0 Å². The van der Waals surface area contributed by atoms with Gasteiger partial charge < -0.3 is 4.90 Å². The number of rotatable bonds is 5. The summed E-state index contributed by atoms with van der Waals surface area (Å²) >= 11 is 8.68. The molecule has 4 heterocycles. The average molecular weight is 460 g/mol. The predicted octanol–water partition coefficient (Wildman–Crippen LogP) is 3.13. The molecular formula is C18H22ClN3O3S3. The summed E-state index contributed by atoms with van der Waals surface area (Å²) in [7, 11) is -3.53. The smallest absolute Gasteiger partial charge is 0.252 e. The quantitative estimate of drug-likeness (QED) is 0.689. The highest BCUT2D eigenvalue weighted by molar-refractivity contribution is 7.91. The lowest BCUT2D eigenvalue weighted by Crippen LogP contribution is -2.52. The van der Waals surface area contributed by atoms with E-state index in [4.69, 9.17) is 11.6 Å². The Morgan fingerprint density at radius 1 is 1.14 bits per heavy atom. The van der Waals surface area contributed by atoms with Crippen molar-refractivity contribution in [3.63, 3.8) is 0 Å². The summed E-state index contributed by atoms with van der Waals surface area (Å²) in [5.41, 5.74) is 0. The van der Waals surface area contributed by atoms with Crippen LogP contribution in [0.2, 0.25) is 4.34 Å². The third kappa shape index (κ3) is 4.15. The molecular weight excluding hydrogens is 438 g/mol. The molecule has 0 aromatic carbocycles. The molecule has 2 saturated heterocycles. The van der Waals surface area contributed by atoms with Crippen LogP contribution in [0.1, 0.15) is 23.8 Å². The van der Waals surface area contributed by atoms with E-state index in [9.17, 15) is 13.2 Å². The molecule has 0 N–H and O–H groups in total. The first-order valence-corrected chi connectivity index (χ1v) is 12.8. The molecule has 2 aromatic heterocycles. The van der Waals surface area contributed by atoms with Crippen molar-refractivity contribution in [2.24, 2.45) is 0 Å². The van der Waals surface area contributed by atoms with Gasteiger partial charge in [-0.2, -0.15) is 4.31 Å². The van der Waals surface area contributed by atoms with E-state index in [-0.39, 0.29) is 10.1 Å². The maximum absolute atomic E-state index is 12.8. The molecule has 10 heteroatoms. The minimum atomic E-state index is -3.53. The molecule has 0 radical (unpaired) electrons. The highest BCUT2D eigenvalue weighted by Gasteiger charge is 2.33. The Balaban J connectivity index is 1.34. The first-order valence-electron chi connectivity index (χ1n) is 9.26. The fourth-order valence-electron chi connectivity index (χ4n) is 3.83. The highest BCUT2D eigenvalue weighted by Crippen LogP contribution is 2.34. The summed E-state index contributed by atoms with van der Waals surface area (Å²) in [5, 5.41) is 2.08. The summed E-state index contributed by atoms with van der Waals surface area (Å²) in [6.07, 6.45) is 2.19. The molecule has 1 amide bonds. The monoisotopic (exact) mass is 459 g/mol. The Bertz CT molecular complexity index is 921. The SMILES string of the molecule is O=C(CN1CCC[C@H]1c1cccs1)N1CCN(S(=O)(=O)c2ccc(Cl)s2)CC1. The number of carbonyl (C=O) groups excluding carboxylic acids is 1. The second-order valence-electron chi connectivity index (χ2n) is 6.99. The number of halogens is 1. The molecule has 2 aliphatic heterocycles. The van der Waals surface area contributed by atoms with Gasteiger partial charge in [0.1, 0.15) is 4.21 Å². The van der Waals surface area contributed by atoms with Gasteiger partial charge in [0.05, 0.1) is 10.9 Å². The maximum atomic E-state index is 12.8. The van der Waals surface area contributed by atoms with Crippen LogP contribution in [0.15, 0.2) is 33.9 Å². The normalized spacial score (nSPS) is 22.0. The molecule has 1 atom stereocenters. The third-order valence-electron chi connectivity index (χ3n) is 5.31. The summed E-state index contributed by atoms with van der Waals surface area (Å²) in [6.45, 7) is 2.82. The number of piperazine rings is 1. The van der Waals surface area contributed by atoms with Crippen molar-refractivity contribution in [3.05, 3.63) is 38.9 Å². The maximum Gasteiger partial charge on any atom is 0.252 e. The van der Waals surface area contributed by atoms with E-state index in [2.05, 4.69) is 22.4 Å². The van der Waals surface area contributed by atoms with E-state index < -0.39 is 10.0 Å². The summed E-state index contributed by atoms with van der Waals surface area (Å²) < 4.78 is 27.6. The largest absolute Gasteiger partial charge is 0.339 e. The molecule has 28 heavy (non-hydrogen) atoms. The molecule has 4 rings (SSSR count). The number of likely N-dealkylation sites (tertiary alicyclic amines) is 1. The van der Waals surface area contributed by atoms with E-state index in [0.29, 0.717) is 43.1 Å². The van der Waals surface area contributed by atoms with Crippen molar-refractivity contribution < 1.29 is 13.2 Å². The van der Waals surface area contributed by atoms with Crippen molar-refractivity contribution in [1.82, 2.24) is 14.1 Å². The van der Waals surface area contributed by atoms with Crippen LogP contribution in [0.25, 0.3) is 0 Å². The van der Waals surface area contributed by atoms with Gasteiger partial charge in [-0.25, -0.2) is 8.42 Å². The van der Waals surface area contributed by atoms with Crippen molar-refractivity contribution >= 4 is 50.2 Å². The molecule has 2 fully saturated rings. The van der Waals surface area contributed by atoms with Crippen LogP contribution >= 0.6 is 34.3 Å². The van der Waals surface area contributed by atoms with Crippen molar-refractivity contribution in [3.8, 4) is 0 Å². The zero-order valence-corrected chi connectivity index (χ0v) is 18.5. The van der Waals surface area contributed by atoms with Gasteiger partial charge in [-0.1, -0.05) is 17.7 Å². The molecule has 152 valence electrons. The second-order valence-corrected chi connectivity index (χ2v) is 11.8. The van der Waals surface area contributed by atoms with Gasteiger partial charge in [-0.15, -0.1) is 22.7 Å². The fraction of sp³-hybridized carbons (Fsp3) is 0.500. The lowest BCUT2D eigenvalue weighted by atomic mass is 10.2. The van der Waals surface area contributed by atoms with E-state index >= 15 is 0 Å². The number of hydrogen-bond acceptors (Lipinski definition) is 6. The van der Waals surface area contributed by atoms with Crippen molar-refractivity contribution in [2.45, 2.75) is 23.1 Å². The molecule has 6 nitrogen and oxygen atoms in total. The van der Waals surface area contributed by atoms with Crippen LogP contribution in [0.4, 0.5) is 0 Å². The van der Waals surface area contributed by atoms with Crippen LogP contribution in [0, 0.1) is 0 Å². The van der Waals surface area contributed by atoms with Crippen LogP contribution in [0.5, 0.6) is 0 Å². The van der Waals surface area contributed by atoms with Gasteiger partial charge >= 0.3 is 0 Å². The van der Waals surface area contributed by atoms with Gasteiger partial charge in [0.15, 0.2) is 0 Å². The molecule has 2 aromatic rings. The van der Waals surface area contributed by atoms with Crippen LogP contribution < -0.4 is 0 Å². The first-order chi connectivity index (χ1) is 13.4. The van der Waals surface area contributed by atoms with Crippen molar-refractivity contribution in [1.29, 1.82) is 0 Å². The zero-order valence-electron chi connectivity index (χ0n) is 15.3. The van der Waals surface area contributed by atoms with Crippen molar-refractivity contribution in [2.75, 3.05) is 39.3 Å². The molecule has 0 saturated carbocycles. The molecule has 0 spiro atoms. The summed E-state index contributed by atoms with van der Waals surface area (Å²) in [6, 6.07) is 7.66. The van der Waals surface area contributed by atoms with Gasteiger partial charge in [-0.3, -0.25) is 9.69 Å². The molecule has 2 aliphatic rings. The minimum absolute atomic E-state index is 0.0830. The molecule has 0 bridgehead atoms. The van der Waals surface area contributed by atoms with Gasteiger partial charge in [0.25, 0.3) is 10.0 Å². The van der Waals surface area contributed by atoms with E-state index in [1.807, 2.05) is 0 Å². The summed E-state index contributed by atoms with van der Waals surface area (Å²) in [5.74, 6) is 0.0830. The highest BCUT2D eigenvalue weighted by atomic mass is 35.5. The Morgan fingerprint density at radius 2 is 1.93 bits per heavy atom.